The van der Waals surface area contributed by atoms with Gasteiger partial charge in [0, 0.05) is 21.9 Å². The Morgan fingerprint density at radius 1 is 0.449 bits per heavy atom. The number of rotatable bonds is 6. The van der Waals surface area contributed by atoms with Crippen molar-refractivity contribution in [3.8, 4) is 33.4 Å². The van der Waals surface area contributed by atoms with Crippen LogP contribution in [-0.4, -0.2) is 11.7 Å². The van der Waals surface area contributed by atoms with Gasteiger partial charge in [0.05, 0.1) is 0 Å². The molecule has 0 spiro atoms. The molecule has 0 radical (unpaired) electrons. The highest BCUT2D eigenvalue weighted by Crippen LogP contribution is 2.39. The summed E-state index contributed by atoms with van der Waals surface area (Å²) in [4.78, 5) is 10.2. The lowest BCUT2D eigenvalue weighted by Gasteiger charge is -2.23. The second-order valence-corrected chi connectivity index (χ2v) is 12.3. The first-order valence-electron chi connectivity index (χ1n) is 16.5. The fourth-order valence-corrected chi connectivity index (χ4v) is 6.67. The van der Waals surface area contributed by atoms with E-state index in [0.717, 1.165) is 55.6 Å². The Hall–Kier alpha value is -6.52. The zero-order valence-electron chi connectivity index (χ0n) is 26.6. The summed E-state index contributed by atoms with van der Waals surface area (Å²) in [7, 11) is 0. The average Bonchev–Trinajstić information content (AvgIpc) is 3.57. The highest BCUT2D eigenvalue weighted by Gasteiger charge is 2.23. The van der Waals surface area contributed by atoms with E-state index < -0.39 is 0 Å². The lowest BCUT2D eigenvalue weighted by atomic mass is 9.94. The predicted molar refractivity (Wildman–Crippen MR) is 202 cm³/mol. The molecule has 4 nitrogen and oxygen atoms in total. The second kappa shape index (κ2) is 12.3. The highest BCUT2D eigenvalue weighted by molar-refractivity contribution is 6.18. The topological polar surface area (TPSA) is 49.9 Å². The van der Waals surface area contributed by atoms with Crippen LogP contribution in [0.1, 0.15) is 22.9 Å². The van der Waals surface area contributed by atoms with Gasteiger partial charge in [-0.15, -0.1) is 0 Å². The van der Waals surface area contributed by atoms with Gasteiger partial charge >= 0.3 is 0 Å². The maximum absolute atomic E-state index is 6.49. The van der Waals surface area contributed by atoms with E-state index in [2.05, 4.69) is 127 Å². The summed E-state index contributed by atoms with van der Waals surface area (Å²) in [6.45, 7) is 0. The van der Waals surface area contributed by atoms with Gasteiger partial charge in [0.15, 0.2) is 5.84 Å². The molecule has 1 unspecified atom stereocenters. The van der Waals surface area contributed by atoms with Crippen LogP contribution >= 0.6 is 0 Å². The lowest BCUT2D eigenvalue weighted by molar-refractivity contribution is 0.667. The SMILES string of the molecule is c1ccc(C2=NC(c3cc(-c4ccc(-c5ccc(-c6ccccc6)cc5)cc4)c4c(c3)oc3ccccc34)=NC(c3ccccc3)N2)cc1. The van der Waals surface area contributed by atoms with Crippen molar-refractivity contribution in [3.63, 3.8) is 0 Å². The van der Waals surface area contributed by atoms with E-state index in [4.69, 9.17) is 14.4 Å². The van der Waals surface area contributed by atoms with Gasteiger partial charge in [-0.2, -0.15) is 0 Å². The van der Waals surface area contributed by atoms with E-state index in [1.165, 1.54) is 22.3 Å². The first-order valence-corrected chi connectivity index (χ1v) is 16.5. The molecule has 1 aliphatic heterocycles. The minimum atomic E-state index is -0.286. The minimum Gasteiger partial charge on any atom is -0.456 e. The quantitative estimate of drug-likeness (QED) is 0.199. The van der Waals surface area contributed by atoms with Crippen molar-refractivity contribution < 1.29 is 4.42 Å². The number of para-hydroxylation sites is 1. The normalized spacial score (nSPS) is 14.3. The Morgan fingerprint density at radius 2 is 0.980 bits per heavy atom. The molecule has 4 heteroatoms. The van der Waals surface area contributed by atoms with Crippen LogP contribution in [0.3, 0.4) is 0 Å². The lowest BCUT2D eigenvalue weighted by Crippen LogP contribution is -2.33. The Bertz CT molecular complexity index is 2480. The summed E-state index contributed by atoms with van der Waals surface area (Å²) in [5, 5.41) is 5.73. The fraction of sp³-hybridized carbons (Fsp3) is 0.0222. The molecule has 0 amide bonds. The molecule has 9 rings (SSSR count). The standard InChI is InChI=1S/C45H31N3O/c1-4-12-30(13-5-1)31-20-22-32(23-21-31)33-24-26-34(27-25-33)39-28-37(29-41-42(39)38-18-10-11-19-40(38)49-41)45-47-43(35-14-6-2-7-15-35)46-44(48-45)36-16-8-3-9-17-36/h1-29,43H,(H,46,47,48). The first-order chi connectivity index (χ1) is 24.3. The summed E-state index contributed by atoms with van der Waals surface area (Å²) in [5.41, 5.74) is 11.6. The molecule has 1 atom stereocenters. The number of furan rings is 1. The molecular weight excluding hydrogens is 599 g/mol. The van der Waals surface area contributed by atoms with E-state index >= 15 is 0 Å². The van der Waals surface area contributed by atoms with Gasteiger partial charge in [0.25, 0.3) is 0 Å². The van der Waals surface area contributed by atoms with Crippen molar-refractivity contribution in [2.75, 3.05) is 0 Å². The number of fused-ring (bicyclic) bond motifs is 3. The van der Waals surface area contributed by atoms with E-state index in [0.29, 0.717) is 5.84 Å². The van der Waals surface area contributed by atoms with Gasteiger partial charge in [0.2, 0.25) is 0 Å². The molecule has 0 saturated heterocycles. The van der Waals surface area contributed by atoms with Crippen LogP contribution in [0.15, 0.2) is 190 Å². The van der Waals surface area contributed by atoms with Crippen molar-refractivity contribution in [3.05, 3.63) is 193 Å². The third kappa shape index (κ3) is 5.49. The molecular formula is C45H31N3O. The van der Waals surface area contributed by atoms with E-state index in [1.54, 1.807) is 0 Å². The molecule has 1 aliphatic rings. The van der Waals surface area contributed by atoms with Gasteiger partial charge in [0.1, 0.15) is 23.2 Å². The van der Waals surface area contributed by atoms with Crippen LogP contribution in [0.5, 0.6) is 0 Å². The Morgan fingerprint density at radius 3 is 1.63 bits per heavy atom. The monoisotopic (exact) mass is 629 g/mol. The fourth-order valence-electron chi connectivity index (χ4n) is 6.67. The number of hydrogen-bond donors (Lipinski definition) is 1. The van der Waals surface area contributed by atoms with Gasteiger partial charge in [-0.25, -0.2) is 9.98 Å². The number of aliphatic imine (C=N–C) groups is 2. The third-order valence-electron chi connectivity index (χ3n) is 9.16. The molecule has 2 heterocycles. The van der Waals surface area contributed by atoms with E-state index in [-0.39, 0.29) is 6.17 Å². The molecule has 0 fully saturated rings. The van der Waals surface area contributed by atoms with Crippen molar-refractivity contribution in [2.45, 2.75) is 6.17 Å². The van der Waals surface area contributed by atoms with Crippen LogP contribution in [0.4, 0.5) is 0 Å². The molecule has 232 valence electrons. The van der Waals surface area contributed by atoms with Crippen LogP contribution in [0.2, 0.25) is 0 Å². The number of hydrogen-bond acceptors (Lipinski definition) is 4. The zero-order chi connectivity index (χ0) is 32.6. The molecule has 49 heavy (non-hydrogen) atoms. The number of nitrogens with zero attached hydrogens (tertiary/aromatic N) is 2. The molecule has 0 saturated carbocycles. The number of amidine groups is 2. The van der Waals surface area contributed by atoms with Crippen molar-refractivity contribution in [1.82, 2.24) is 5.32 Å². The smallest absolute Gasteiger partial charge is 0.159 e. The predicted octanol–water partition coefficient (Wildman–Crippen LogP) is 11.1. The maximum Gasteiger partial charge on any atom is 0.159 e. The van der Waals surface area contributed by atoms with Crippen LogP contribution in [-0.2, 0) is 0 Å². The molecule has 8 aromatic rings. The van der Waals surface area contributed by atoms with Gasteiger partial charge in [-0.1, -0.05) is 158 Å². The van der Waals surface area contributed by atoms with Gasteiger partial charge in [-0.05, 0) is 57.1 Å². The summed E-state index contributed by atoms with van der Waals surface area (Å²) in [6, 6.07) is 61.1. The average molecular weight is 630 g/mol. The second-order valence-electron chi connectivity index (χ2n) is 12.3. The molecule has 7 aromatic carbocycles. The van der Waals surface area contributed by atoms with Crippen LogP contribution < -0.4 is 5.32 Å². The number of benzene rings is 7. The Labute approximate surface area is 284 Å². The van der Waals surface area contributed by atoms with Crippen LogP contribution in [0, 0.1) is 0 Å². The zero-order valence-corrected chi connectivity index (χ0v) is 26.6. The number of nitrogens with one attached hydrogen (secondary N) is 1. The van der Waals surface area contributed by atoms with Crippen molar-refractivity contribution in [2.24, 2.45) is 9.98 Å². The molecule has 1 N–H and O–H groups in total. The molecule has 0 bridgehead atoms. The first kappa shape index (κ1) is 28.7. The molecule has 0 aliphatic carbocycles. The Kier molecular flexibility index (Phi) is 7.17. The largest absolute Gasteiger partial charge is 0.456 e. The summed E-state index contributed by atoms with van der Waals surface area (Å²) >= 11 is 0. The maximum atomic E-state index is 6.49. The van der Waals surface area contributed by atoms with Gasteiger partial charge in [-0.3, -0.25) is 0 Å². The van der Waals surface area contributed by atoms with Gasteiger partial charge < -0.3 is 9.73 Å². The Balaban J connectivity index is 1.16. The van der Waals surface area contributed by atoms with E-state index in [9.17, 15) is 0 Å². The summed E-state index contributed by atoms with van der Waals surface area (Å²) in [6.07, 6.45) is -0.286. The molecule has 1 aromatic heterocycles. The van der Waals surface area contributed by atoms with Crippen molar-refractivity contribution >= 4 is 33.6 Å². The minimum absolute atomic E-state index is 0.286. The van der Waals surface area contributed by atoms with E-state index in [1.807, 2.05) is 54.6 Å². The van der Waals surface area contributed by atoms with Crippen LogP contribution in [0.25, 0.3) is 55.3 Å². The highest BCUT2D eigenvalue weighted by atomic mass is 16.3. The summed E-state index contributed by atoms with van der Waals surface area (Å²) in [5.74, 6) is 1.44. The van der Waals surface area contributed by atoms with Crippen molar-refractivity contribution in [1.29, 1.82) is 0 Å². The summed E-state index contributed by atoms with van der Waals surface area (Å²) < 4.78 is 6.49. The third-order valence-corrected chi connectivity index (χ3v) is 9.16.